The summed E-state index contributed by atoms with van der Waals surface area (Å²) in [6, 6.07) is 10.6. The van der Waals surface area contributed by atoms with E-state index in [1.54, 1.807) is 0 Å². The molecule has 1 saturated heterocycles. The smallest absolute Gasteiger partial charge is 0.325 e. The van der Waals surface area contributed by atoms with Gasteiger partial charge in [0.1, 0.15) is 12.1 Å². The van der Waals surface area contributed by atoms with Gasteiger partial charge in [-0.1, -0.05) is 57.5 Å². The van der Waals surface area contributed by atoms with Crippen LogP contribution in [0.15, 0.2) is 30.3 Å². The van der Waals surface area contributed by atoms with Gasteiger partial charge >= 0.3 is 5.97 Å². The third-order valence-electron chi connectivity index (χ3n) is 5.93. The largest absolute Gasteiger partial charge is 0.461 e. The predicted molar refractivity (Wildman–Crippen MR) is 96.6 cm³/mol. The summed E-state index contributed by atoms with van der Waals surface area (Å²) in [4.78, 5) is 14.9. The van der Waals surface area contributed by atoms with Crippen LogP contribution in [0.4, 0.5) is 0 Å². The van der Waals surface area contributed by atoms with Gasteiger partial charge in [-0.15, -0.1) is 0 Å². The van der Waals surface area contributed by atoms with Crippen molar-refractivity contribution in [3.63, 3.8) is 0 Å². The molecule has 0 spiro atoms. The second kappa shape index (κ2) is 7.26. The van der Waals surface area contributed by atoms with Gasteiger partial charge < -0.3 is 4.74 Å². The molecule has 2 fully saturated rings. The van der Waals surface area contributed by atoms with Crippen molar-refractivity contribution in [1.29, 1.82) is 0 Å². The molecule has 1 aromatic rings. The summed E-state index contributed by atoms with van der Waals surface area (Å²) in [5.74, 6) is 1.75. The molecule has 2 aliphatic rings. The van der Waals surface area contributed by atoms with Crippen molar-refractivity contribution in [2.45, 2.75) is 65.1 Å². The molecular weight excluding hydrogens is 298 g/mol. The third-order valence-corrected chi connectivity index (χ3v) is 5.93. The summed E-state index contributed by atoms with van der Waals surface area (Å²) < 4.78 is 6.00. The van der Waals surface area contributed by atoms with Crippen molar-refractivity contribution in [2.75, 3.05) is 6.54 Å². The summed E-state index contributed by atoms with van der Waals surface area (Å²) in [6.45, 7) is 9.77. The van der Waals surface area contributed by atoms with E-state index in [-0.39, 0.29) is 24.2 Å². The Morgan fingerprint density at radius 1 is 1.17 bits per heavy atom. The SMILES string of the molecule is CC(C)[C@H]1CC[C@H](C)C[C@@H]1OC(=O)[C@@H]1CN1[C@H](C)c1ccccc1. The molecule has 0 bridgehead atoms. The van der Waals surface area contributed by atoms with Gasteiger partial charge in [0, 0.05) is 12.6 Å². The Morgan fingerprint density at radius 2 is 1.88 bits per heavy atom. The number of hydrogen-bond donors (Lipinski definition) is 0. The quantitative estimate of drug-likeness (QED) is 0.591. The summed E-state index contributed by atoms with van der Waals surface area (Å²) >= 11 is 0. The fourth-order valence-corrected chi connectivity index (χ4v) is 4.19. The summed E-state index contributed by atoms with van der Waals surface area (Å²) in [7, 11) is 0. The number of rotatable bonds is 5. The van der Waals surface area contributed by atoms with Crippen molar-refractivity contribution in [2.24, 2.45) is 17.8 Å². The van der Waals surface area contributed by atoms with E-state index >= 15 is 0 Å². The van der Waals surface area contributed by atoms with E-state index in [1.807, 2.05) is 6.07 Å². The van der Waals surface area contributed by atoms with E-state index in [0.29, 0.717) is 17.8 Å². The molecule has 0 amide bonds. The molecule has 0 aromatic heterocycles. The lowest BCUT2D eigenvalue weighted by molar-refractivity contribution is -0.156. The molecule has 0 radical (unpaired) electrons. The molecule has 24 heavy (non-hydrogen) atoms. The molecule has 3 heteroatoms. The number of carbonyl (C=O) groups is 1. The van der Waals surface area contributed by atoms with Crippen molar-refractivity contribution in [1.82, 2.24) is 4.90 Å². The van der Waals surface area contributed by atoms with Gasteiger partial charge in [0.15, 0.2) is 0 Å². The summed E-state index contributed by atoms with van der Waals surface area (Å²) in [5.41, 5.74) is 1.26. The van der Waals surface area contributed by atoms with Crippen LogP contribution in [0, 0.1) is 17.8 Å². The lowest BCUT2D eigenvalue weighted by Gasteiger charge is -2.36. The Balaban J connectivity index is 1.57. The van der Waals surface area contributed by atoms with Crippen LogP contribution >= 0.6 is 0 Å². The minimum Gasteiger partial charge on any atom is -0.461 e. The van der Waals surface area contributed by atoms with Crippen molar-refractivity contribution in [3.8, 4) is 0 Å². The molecule has 1 saturated carbocycles. The zero-order chi connectivity index (χ0) is 17.3. The highest BCUT2D eigenvalue weighted by Gasteiger charge is 2.46. The van der Waals surface area contributed by atoms with Gasteiger partial charge in [-0.25, -0.2) is 0 Å². The molecule has 1 unspecified atom stereocenters. The maximum Gasteiger partial charge on any atom is 0.325 e. The Kier molecular flexibility index (Phi) is 5.29. The van der Waals surface area contributed by atoms with Crippen molar-refractivity contribution in [3.05, 3.63) is 35.9 Å². The average molecular weight is 329 g/mol. The topological polar surface area (TPSA) is 29.3 Å². The van der Waals surface area contributed by atoms with Crippen LogP contribution in [0.25, 0.3) is 0 Å². The fourth-order valence-electron chi connectivity index (χ4n) is 4.19. The predicted octanol–water partition coefficient (Wildman–Crippen LogP) is 4.44. The Bertz CT molecular complexity index is 556. The first-order chi connectivity index (χ1) is 11.5. The third kappa shape index (κ3) is 3.83. The number of esters is 1. The van der Waals surface area contributed by atoms with Gasteiger partial charge in [0.25, 0.3) is 0 Å². The maximum absolute atomic E-state index is 12.6. The van der Waals surface area contributed by atoms with Gasteiger partial charge in [0.05, 0.1) is 0 Å². The highest BCUT2D eigenvalue weighted by Crippen LogP contribution is 2.37. The lowest BCUT2D eigenvalue weighted by atomic mass is 9.75. The Labute approximate surface area is 146 Å². The van der Waals surface area contributed by atoms with Crippen LogP contribution in [0.1, 0.15) is 58.6 Å². The summed E-state index contributed by atoms with van der Waals surface area (Å²) in [6.07, 6.45) is 3.58. The molecule has 1 aromatic carbocycles. The number of carbonyl (C=O) groups excluding carboxylic acids is 1. The fraction of sp³-hybridized carbons (Fsp3) is 0.667. The van der Waals surface area contributed by atoms with E-state index in [1.165, 1.54) is 18.4 Å². The molecular formula is C21H31NO2. The highest BCUT2D eigenvalue weighted by atomic mass is 16.5. The van der Waals surface area contributed by atoms with Crippen LogP contribution in [0.3, 0.4) is 0 Å². The Hall–Kier alpha value is -1.35. The number of ether oxygens (including phenoxy) is 1. The van der Waals surface area contributed by atoms with Gasteiger partial charge in [0.2, 0.25) is 0 Å². The summed E-state index contributed by atoms with van der Waals surface area (Å²) in [5, 5.41) is 0. The minimum atomic E-state index is -0.0507. The molecule has 1 heterocycles. The first-order valence-electron chi connectivity index (χ1n) is 9.48. The zero-order valence-electron chi connectivity index (χ0n) is 15.4. The van der Waals surface area contributed by atoms with E-state index in [0.717, 1.165) is 13.0 Å². The number of benzene rings is 1. The monoisotopic (exact) mass is 329 g/mol. The molecule has 0 N–H and O–H groups in total. The second-order valence-corrected chi connectivity index (χ2v) is 8.10. The van der Waals surface area contributed by atoms with Crippen molar-refractivity contribution >= 4 is 5.97 Å². The second-order valence-electron chi connectivity index (χ2n) is 8.10. The van der Waals surface area contributed by atoms with Crippen LogP contribution in [0.2, 0.25) is 0 Å². The van der Waals surface area contributed by atoms with Crippen molar-refractivity contribution < 1.29 is 9.53 Å². The van der Waals surface area contributed by atoms with Crippen LogP contribution in [0.5, 0.6) is 0 Å². The average Bonchev–Trinajstić information content (AvgIpc) is 3.35. The van der Waals surface area contributed by atoms with Gasteiger partial charge in [-0.05, 0) is 43.1 Å². The van der Waals surface area contributed by atoms with Crippen LogP contribution in [-0.4, -0.2) is 29.6 Å². The molecule has 6 atom stereocenters. The van der Waals surface area contributed by atoms with E-state index in [9.17, 15) is 4.79 Å². The number of hydrogen-bond acceptors (Lipinski definition) is 3. The minimum absolute atomic E-state index is 0.0115. The first-order valence-corrected chi connectivity index (χ1v) is 9.48. The molecule has 1 aliphatic heterocycles. The van der Waals surface area contributed by atoms with E-state index < -0.39 is 0 Å². The lowest BCUT2D eigenvalue weighted by Crippen LogP contribution is -2.37. The van der Waals surface area contributed by atoms with E-state index in [2.05, 4.69) is 56.9 Å². The standard InChI is InChI=1S/C21H31NO2/c1-14(2)18-11-10-15(3)12-20(18)24-21(23)19-13-22(19)16(4)17-8-6-5-7-9-17/h5-9,14-16,18-20H,10-13H2,1-4H3/t15-,16+,18+,19-,20-,22?/m0/s1. The molecule has 3 rings (SSSR count). The normalized spacial score (nSPS) is 34.0. The first kappa shape index (κ1) is 17.5. The van der Waals surface area contributed by atoms with Crippen LogP contribution < -0.4 is 0 Å². The molecule has 132 valence electrons. The highest BCUT2D eigenvalue weighted by molar-refractivity contribution is 5.79. The zero-order valence-corrected chi connectivity index (χ0v) is 15.4. The maximum atomic E-state index is 12.6. The number of nitrogens with zero attached hydrogens (tertiary/aromatic N) is 1. The van der Waals surface area contributed by atoms with E-state index in [4.69, 9.17) is 4.74 Å². The van der Waals surface area contributed by atoms with Gasteiger partial charge in [-0.2, -0.15) is 0 Å². The molecule has 3 nitrogen and oxygen atoms in total. The van der Waals surface area contributed by atoms with Crippen LogP contribution in [-0.2, 0) is 9.53 Å². The Morgan fingerprint density at radius 3 is 2.54 bits per heavy atom. The van der Waals surface area contributed by atoms with Gasteiger partial charge in [-0.3, -0.25) is 9.69 Å². The molecule has 1 aliphatic carbocycles.